The number of halogens is 1. The Kier molecular flexibility index (Phi) is 11.0. The van der Waals surface area contributed by atoms with Crippen LogP contribution in [-0.4, -0.2) is 35.7 Å². The van der Waals surface area contributed by atoms with Crippen molar-refractivity contribution in [3.05, 3.63) is 70.9 Å². The molecular weight excluding hydrogens is 417 g/mol. The van der Waals surface area contributed by atoms with Crippen molar-refractivity contribution >= 4 is 11.8 Å². The van der Waals surface area contributed by atoms with Crippen molar-refractivity contribution in [1.29, 1.82) is 0 Å². The first-order valence-electron chi connectivity index (χ1n) is 11.1. The van der Waals surface area contributed by atoms with Gasteiger partial charge in [0.2, 0.25) is 0 Å². The average molecular weight is 450 g/mol. The zero-order valence-electron chi connectivity index (χ0n) is 19.5. The Morgan fingerprint density at radius 1 is 1.39 bits per heavy atom. The lowest BCUT2D eigenvalue weighted by atomic mass is 9.95. The van der Waals surface area contributed by atoms with Crippen molar-refractivity contribution in [2.24, 2.45) is 4.99 Å². The lowest BCUT2D eigenvalue weighted by molar-refractivity contribution is 0.0684. The maximum atomic E-state index is 12.7. The zero-order chi connectivity index (χ0) is 24.1. The maximum absolute atomic E-state index is 12.7. The molecule has 0 saturated carbocycles. The molecule has 1 aromatic carbocycles. The van der Waals surface area contributed by atoms with Crippen molar-refractivity contribution < 1.29 is 9.13 Å². The minimum Gasteiger partial charge on any atom is -0.381 e. The average Bonchev–Trinajstić information content (AvgIpc) is 2.85. The molecule has 0 aliphatic carbocycles. The van der Waals surface area contributed by atoms with E-state index in [0.29, 0.717) is 37.4 Å². The number of ether oxygens (including phenoxy) is 1. The highest BCUT2D eigenvalue weighted by Crippen LogP contribution is 2.29. The second-order valence-electron chi connectivity index (χ2n) is 7.57. The minimum atomic E-state index is -0.568. The SMILES string of the molecule is C#CC.C=C(CCC=N/C(=C\C)CF)c1ccccc1-c1cc(=O)n(C2CCOCC2)cn1. The highest BCUT2D eigenvalue weighted by atomic mass is 19.1. The molecule has 0 spiro atoms. The number of nitrogens with zero attached hydrogens (tertiary/aromatic N) is 3. The van der Waals surface area contributed by atoms with Crippen LogP contribution in [0.25, 0.3) is 16.8 Å². The van der Waals surface area contributed by atoms with Crippen LogP contribution in [0.3, 0.4) is 0 Å². The summed E-state index contributed by atoms with van der Waals surface area (Å²) >= 11 is 0. The summed E-state index contributed by atoms with van der Waals surface area (Å²) in [5, 5.41) is 0. The van der Waals surface area contributed by atoms with Gasteiger partial charge >= 0.3 is 0 Å². The molecule has 0 N–H and O–H groups in total. The van der Waals surface area contributed by atoms with Gasteiger partial charge in [-0.2, -0.15) is 0 Å². The van der Waals surface area contributed by atoms with Gasteiger partial charge in [-0.3, -0.25) is 14.4 Å². The third kappa shape index (κ3) is 7.65. The number of rotatable bonds is 8. The number of allylic oxidation sites excluding steroid dienone is 3. The van der Waals surface area contributed by atoms with Gasteiger partial charge in [-0.1, -0.05) is 36.9 Å². The van der Waals surface area contributed by atoms with Crippen molar-refractivity contribution in [2.75, 3.05) is 19.9 Å². The summed E-state index contributed by atoms with van der Waals surface area (Å²) in [6.45, 7) is 8.40. The quantitative estimate of drug-likeness (QED) is 0.387. The topological polar surface area (TPSA) is 56.5 Å². The number of hydrogen-bond donors (Lipinski definition) is 0. The van der Waals surface area contributed by atoms with Crippen molar-refractivity contribution in [2.45, 2.75) is 45.6 Å². The molecule has 1 saturated heterocycles. The lowest BCUT2D eigenvalue weighted by Crippen LogP contribution is -2.29. The van der Waals surface area contributed by atoms with Crippen LogP contribution in [0.4, 0.5) is 4.39 Å². The third-order valence-electron chi connectivity index (χ3n) is 5.31. The number of hydrogen-bond acceptors (Lipinski definition) is 4. The lowest BCUT2D eigenvalue weighted by Gasteiger charge is -2.24. The summed E-state index contributed by atoms with van der Waals surface area (Å²) < 4.78 is 19.8. The van der Waals surface area contributed by atoms with Gasteiger partial charge < -0.3 is 4.74 Å². The largest absolute Gasteiger partial charge is 0.381 e. The van der Waals surface area contributed by atoms with Gasteiger partial charge in [0.25, 0.3) is 5.56 Å². The molecule has 3 rings (SSSR count). The van der Waals surface area contributed by atoms with Crippen molar-refractivity contribution in [3.8, 4) is 23.6 Å². The summed E-state index contributed by atoms with van der Waals surface area (Å²) in [7, 11) is 0. The van der Waals surface area contributed by atoms with E-state index in [1.807, 2.05) is 24.3 Å². The zero-order valence-corrected chi connectivity index (χ0v) is 19.5. The monoisotopic (exact) mass is 449 g/mol. The first-order chi connectivity index (χ1) is 16.0. The van der Waals surface area contributed by atoms with E-state index < -0.39 is 6.67 Å². The van der Waals surface area contributed by atoms with Crippen LogP contribution in [0, 0.1) is 12.3 Å². The highest BCUT2D eigenvalue weighted by molar-refractivity contribution is 5.79. The van der Waals surface area contributed by atoms with E-state index >= 15 is 0 Å². The second-order valence-corrected chi connectivity index (χ2v) is 7.57. The van der Waals surface area contributed by atoms with Gasteiger partial charge in [0.05, 0.1) is 17.7 Å². The van der Waals surface area contributed by atoms with Crippen LogP contribution >= 0.6 is 0 Å². The molecule has 174 valence electrons. The Labute approximate surface area is 195 Å². The molecule has 1 aromatic heterocycles. The molecule has 0 atom stereocenters. The summed E-state index contributed by atoms with van der Waals surface area (Å²) in [4.78, 5) is 21.4. The molecule has 2 heterocycles. The first-order valence-corrected chi connectivity index (χ1v) is 11.1. The van der Waals surface area contributed by atoms with E-state index in [1.165, 1.54) is 0 Å². The number of aromatic nitrogens is 2. The predicted octanol–water partition coefficient (Wildman–Crippen LogP) is 5.64. The molecule has 1 fully saturated rings. The van der Waals surface area contributed by atoms with Crippen molar-refractivity contribution in [3.63, 3.8) is 0 Å². The van der Waals surface area contributed by atoms with Crippen LogP contribution in [-0.2, 0) is 4.74 Å². The predicted molar refractivity (Wildman–Crippen MR) is 134 cm³/mol. The number of alkyl halides is 1. The molecule has 2 aromatic rings. The number of benzene rings is 1. The molecular formula is C27H32FN3O2. The summed E-state index contributed by atoms with van der Waals surface area (Å²) in [6, 6.07) is 9.56. The van der Waals surface area contributed by atoms with Gasteiger partial charge in [0, 0.05) is 37.1 Å². The Bertz CT molecular complexity index is 1070. The van der Waals surface area contributed by atoms with E-state index in [2.05, 4.69) is 28.9 Å². The molecule has 1 aliphatic rings. The van der Waals surface area contributed by atoms with Crippen LogP contribution in [0.15, 0.2) is 64.8 Å². The fourth-order valence-electron chi connectivity index (χ4n) is 3.55. The van der Waals surface area contributed by atoms with Gasteiger partial charge in [0.1, 0.15) is 6.67 Å². The smallest absolute Gasteiger partial charge is 0.254 e. The summed E-state index contributed by atoms with van der Waals surface area (Å²) in [5.41, 5.74) is 3.78. The van der Waals surface area contributed by atoms with Gasteiger partial charge in [-0.05, 0) is 50.7 Å². The Hall–Kier alpha value is -3.30. The van der Waals surface area contributed by atoms with Crippen LogP contribution < -0.4 is 5.56 Å². The third-order valence-corrected chi connectivity index (χ3v) is 5.31. The van der Waals surface area contributed by atoms with Gasteiger partial charge in [0.15, 0.2) is 0 Å². The second kappa shape index (κ2) is 14.0. The molecule has 6 heteroatoms. The van der Waals surface area contributed by atoms with Crippen molar-refractivity contribution in [1.82, 2.24) is 9.55 Å². The molecule has 0 amide bonds. The first kappa shape index (κ1) is 26.0. The summed E-state index contributed by atoms with van der Waals surface area (Å²) in [6.07, 6.45) is 12.6. The minimum absolute atomic E-state index is 0.0513. The van der Waals surface area contributed by atoms with E-state index in [1.54, 1.807) is 43.1 Å². The molecule has 33 heavy (non-hydrogen) atoms. The molecule has 0 unspecified atom stereocenters. The maximum Gasteiger partial charge on any atom is 0.254 e. The fraction of sp³-hybridized carbons (Fsp3) is 0.370. The van der Waals surface area contributed by atoms with E-state index in [-0.39, 0.29) is 11.6 Å². The fourth-order valence-corrected chi connectivity index (χ4v) is 3.55. The van der Waals surface area contributed by atoms with Crippen LogP contribution in [0.2, 0.25) is 0 Å². The normalized spacial score (nSPS) is 14.4. The van der Waals surface area contributed by atoms with Crippen LogP contribution in [0.1, 0.15) is 51.1 Å². The Morgan fingerprint density at radius 2 is 2.09 bits per heavy atom. The number of aliphatic imine (C=N–C) groups is 1. The van der Waals surface area contributed by atoms with Gasteiger partial charge in [-0.15, -0.1) is 12.3 Å². The molecule has 0 radical (unpaired) electrons. The highest BCUT2D eigenvalue weighted by Gasteiger charge is 2.18. The number of terminal acetylenes is 1. The van der Waals surface area contributed by atoms with E-state index in [0.717, 1.165) is 29.5 Å². The van der Waals surface area contributed by atoms with Crippen LogP contribution in [0.5, 0.6) is 0 Å². The molecule has 5 nitrogen and oxygen atoms in total. The Balaban J connectivity index is 0.00000122. The molecule has 1 aliphatic heterocycles. The summed E-state index contributed by atoms with van der Waals surface area (Å²) in [5.74, 6) is 2.25. The Morgan fingerprint density at radius 3 is 2.73 bits per heavy atom. The van der Waals surface area contributed by atoms with Gasteiger partial charge in [-0.25, -0.2) is 9.37 Å². The van der Waals surface area contributed by atoms with E-state index in [9.17, 15) is 9.18 Å². The molecule has 0 bridgehead atoms. The van der Waals surface area contributed by atoms with E-state index in [4.69, 9.17) is 4.74 Å². The standard InChI is InChI=1S/C24H28FN3O2.C3H4/c1-3-19(16-25)26-12-6-7-18(2)21-8-4-5-9-22(21)23-15-24(29)28(17-27-23)20-10-13-30-14-11-20;1-3-2/h3-5,8-9,12,15,17,20H,2,6-7,10-11,13-14,16H2,1H3;1H,2H3/b19-3-,26-12?;.